The summed E-state index contributed by atoms with van der Waals surface area (Å²) in [7, 11) is 0. The van der Waals surface area contributed by atoms with Gasteiger partial charge in [0.25, 0.3) is 0 Å². The smallest absolute Gasteiger partial charge is 0.0618 e. The lowest BCUT2D eigenvalue weighted by Crippen LogP contribution is -2.11. The maximum absolute atomic E-state index is 2.53. The fraction of sp³-hybridized carbons (Fsp3) is 0.135. The molecule has 1 fully saturated rings. The van der Waals surface area contributed by atoms with Crippen LogP contribution in [0.15, 0.2) is 127 Å². The molecule has 6 aromatic carbocycles. The summed E-state index contributed by atoms with van der Waals surface area (Å²) in [5.74, 6) is 1.53. The molecule has 0 N–H and O–H groups in total. The summed E-state index contributed by atoms with van der Waals surface area (Å²) >= 11 is 0. The van der Waals surface area contributed by atoms with Gasteiger partial charge in [-0.25, -0.2) is 0 Å². The fourth-order valence-corrected chi connectivity index (χ4v) is 7.22. The Bertz CT molecular complexity index is 1710. The van der Waals surface area contributed by atoms with Crippen LogP contribution < -0.4 is 4.90 Å². The van der Waals surface area contributed by atoms with Crippen LogP contribution in [0.1, 0.15) is 42.2 Å². The van der Waals surface area contributed by atoms with Crippen LogP contribution in [-0.2, 0) is 0 Å². The van der Waals surface area contributed by atoms with Gasteiger partial charge in [0.1, 0.15) is 0 Å². The number of hydrogen-bond acceptors (Lipinski definition) is 1. The van der Waals surface area contributed by atoms with E-state index in [-0.39, 0.29) is 0 Å². The molecular formula is C37H29N. The second-order valence-electron chi connectivity index (χ2n) is 10.9. The van der Waals surface area contributed by atoms with Crippen molar-refractivity contribution in [1.82, 2.24) is 0 Å². The minimum atomic E-state index is 0.749. The molecule has 2 bridgehead atoms. The van der Waals surface area contributed by atoms with Gasteiger partial charge < -0.3 is 4.90 Å². The molecule has 8 rings (SSSR count). The predicted molar refractivity (Wildman–Crippen MR) is 161 cm³/mol. The van der Waals surface area contributed by atoms with E-state index >= 15 is 0 Å². The second-order valence-corrected chi connectivity index (χ2v) is 10.9. The van der Waals surface area contributed by atoms with Gasteiger partial charge in [-0.3, -0.25) is 0 Å². The number of benzene rings is 6. The zero-order valence-electron chi connectivity index (χ0n) is 21.3. The molecule has 0 aromatic heterocycles. The lowest BCUT2D eigenvalue weighted by Gasteiger charge is -2.29. The van der Waals surface area contributed by atoms with Crippen molar-refractivity contribution in [3.8, 4) is 11.1 Å². The number of anilines is 3. The van der Waals surface area contributed by atoms with Crippen molar-refractivity contribution in [3.05, 3.63) is 139 Å². The summed E-state index contributed by atoms with van der Waals surface area (Å²) in [6.07, 6.45) is 4.07. The molecule has 1 heteroatoms. The van der Waals surface area contributed by atoms with Crippen molar-refractivity contribution in [2.45, 2.75) is 31.1 Å². The van der Waals surface area contributed by atoms with Crippen LogP contribution in [0.4, 0.5) is 17.1 Å². The van der Waals surface area contributed by atoms with Crippen molar-refractivity contribution in [3.63, 3.8) is 0 Å². The van der Waals surface area contributed by atoms with Gasteiger partial charge in [-0.2, -0.15) is 0 Å². The van der Waals surface area contributed by atoms with Crippen molar-refractivity contribution >= 4 is 38.6 Å². The molecule has 2 aliphatic rings. The van der Waals surface area contributed by atoms with Crippen molar-refractivity contribution < 1.29 is 0 Å². The largest absolute Gasteiger partial charge is 0.309 e. The molecule has 1 nitrogen and oxygen atoms in total. The SMILES string of the molecule is c1ccc(N(c2ccccc2)c2c3ccccc3c(-c3ccc4c(c3)C3CCC4C3)c3ccccc23)cc1. The Morgan fingerprint density at radius 2 is 0.974 bits per heavy atom. The Labute approximate surface area is 224 Å². The highest BCUT2D eigenvalue weighted by atomic mass is 15.1. The van der Waals surface area contributed by atoms with Crippen molar-refractivity contribution in [2.75, 3.05) is 4.90 Å². The van der Waals surface area contributed by atoms with Crippen LogP contribution in [0.5, 0.6) is 0 Å². The van der Waals surface area contributed by atoms with Crippen LogP contribution in [0.3, 0.4) is 0 Å². The highest BCUT2D eigenvalue weighted by molar-refractivity contribution is 6.22. The molecule has 2 unspecified atom stereocenters. The van der Waals surface area contributed by atoms with Gasteiger partial charge in [-0.05, 0) is 88.4 Å². The van der Waals surface area contributed by atoms with Crippen LogP contribution in [0.2, 0.25) is 0 Å². The lowest BCUT2D eigenvalue weighted by molar-refractivity contribution is 0.718. The fourth-order valence-electron chi connectivity index (χ4n) is 7.22. The summed E-state index contributed by atoms with van der Waals surface area (Å²) < 4.78 is 0. The van der Waals surface area contributed by atoms with Gasteiger partial charge in [0, 0.05) is 22.1 Å². The highest BCUT2D eigenvalue weighted by Crippen LogP contribution is 2.54. The minimum absolute atomic E-state index is 0.749. The van der Waals surface area contributed by atoms with Gasteiger partial charge in [0.15, 0.2) is 0 Å². The molecule has 1 saturated carbocycles. The highest BCUT2D eigenvalue weighted by Gasteiger charge is 2.37. The van der Waals surface area contributed by atoms with E-state index in [2.05, 4.69) is 132 Å². The van der Waals surface area contributed by atoms with Crippen LogP contribution >= 0.6 is 0 Å². The van der Waals surface area contributed by atoms with Crippen LogP contribution in [0.25, 0.3) is 32.7 Å². The van der Waals surface area contributed by atoms with E-state index < -0.39 is 0 Å². The van der Waals surface area contributed by atoms with E-state index in [4.69, 9.17) is 0 Å². The summed E-state index contributed by atoms with van der Waals surface area (Å²) in [4.78, 5) is 2.43. The van der Waals surface area contributed by atoms with Gasteiger partial charge in [0.2, 0.25) is 0 Å². The molecule has 0 spiro atoms. The van der Waals surface area contributed by atoms with E-state index in [0.717, 1.165) is 23.2 Å². The topological polar surface area (TPSA) is 3.24 Å². The van der Waals surface area contributed by atoms with Gasteiger partial charge in [-0.1, -0.05) is 103 Å². The summed E-state index contributed by atoms with van der Waals surface area (Å²) in [5.41, 5.74) is 9.47. The first-order valence-electron chi connectivity index (χ1n) is 13.8. The average molecular weight is 488 g/mol. The molecule has 0 radical (unpaired) electrons. The standard InChI is InChI=1S/C37H29N/c1-3-11-28(12-4-1)38(29-13-5-2-6-14-29)37-33-17-9-7-15-31(33)36(32-16-8-10-18-34(32)37)27-21-22-30-25-19-20-26(23-25)35(30)24-27/h1-18,21-22,24-26H,19-20,23H2. The van der Waals surface area contributed by atoms with E-state index in [9.17, 15) is 0 Å². The Morgan fingerprint density at radius 1 is 0.474 bits per heavy atom. The first kappa shape index (κ1) is 21.7. The van der Waals surface area contributed by atoms with Crippen molar-refractivity contribution in [1.29, 1.82) is 0 Å². The normalized spacial score (nSPS) is 17.7. The van der Waals surface area contributed by atoms with Crippen LogP contribution in [-0.4, -0.2) is 0 Å². The van der Waals surface area contributed by atoms with Gasteiger partial charge >= 0.3 is 0 Å². The van der Waals surface area contributed by atoms with Crippen molar-refractivity contribution in [2.24, 2.45) is 0 Å². The Morgan fingerprint density at radius 3 is 1.55 bits per heavy atom. The number of fused-ring (bicyclic) bond motifs is 7. The number of nitrogens with zero attached hydrogens (tertiary/aromatic N) is 1. The lowest BCUT2D eigenvalue weighted by atomic mass is 9.85. The third-order valence-corrected chi connectivity index (χ3v) is 8.84. The molecular weight excluding hydrogens is 458 g/mol. The van der Waals surface area contributed by atoms with Gasteiger partial charge in [-0.15, -0.1) is 0 Å². The van der Waals surface area contributed by atoms with Gasteiger partial charge in [0.05, 0.1) is 5.69 Å². The molecule has 6 aromatic rings. The third kappa shape index (κ3) is 3.25. The second kappa shape index (κ2) is 8.60. The maximum Gasteiger partial charge on any atom is 0.0618 e. The molecule has 0 heterocycles. The Balaban J connectivity index is 1.46. The molecule has 182 valence electrons. The summed E-state index contributed by atoms with van der Waals surface area (Å²) in [6.45, 7) is 0. The van der Waals surface area contributed by atoms with E-state index in [1.807, 2.05) is 0 Å². The zero-order valence-corrected chi connectivity index (χ0v) is 21.3. The number of hydrogen-bond donors (Lipinski definition) is 0. The first-order chi connectivity index (χ1) is 18.9. The first-order valence-corrected chi connectivity index (χ1v) is 13.8. The maximum atomic E-state index is 2.53. The molecule has 2 aliphatic carbocycles. The van der Waals surface area contributed by atoms with E-state index in [1.54, 1.807) is 11.1 Å². The predicted octanol–water partition coefficient (Wildman–Crippen LogP) is 10.5. The molecule has 0 saturated heterocycles. The van der Waals surface area contributed by atoms with E-state index in [0.29, 0.717) is 0 Å². The number of rotatable bonds is 4. The third-order valence-electron chi connectivity index (χ3n) is 8.84. The van der Waals surface area contributed by atoms with Crippen LogP contribution in [0, 0.1) is 0 Å². The summed E-state index contributed by atoms with van der Waals surface area (Å²) in [5, 5.41) is 5.16. The zero-order chi connectivity index (χ0) is 25.1. The molecule has 38 heavy (non-hydrogen) atoms. The average Bonchev–Trinajstić information content (AvgIpc) is 3.61. The molecule has 0 aliphatic heterocycles. The Kier molecular flexibility index (Phi) is 4.91. The molecule has 0 amide bonds. The molecule has 2 atom stereocenters. The quantitative estimate of drug-likeness (QED) is 0.224. The Hall–Kier alpha value is -4.36. The monoisotopic (exact) mass is 487 g/mol. The summed E-state index contributed by atoms with van der Waals surface area (Å²) in [6, 6.07) is 46.8. The van der Waals surface area contributed by atoms with E-state index in [1.165, 1.54) is 57.6 Å². The minimum Gasteiger partial charge on any atom is -0.309 e. The number of para-hydroxylation sites is 2.